The lowest BCUT2D eigenvalue weighted by Crippen LogP contribution is -2.31. The van der Waals surface area contributed by atoms with E-state index in [2.05, 4.69) is 12.1 Å². The summed E-state index contributed by atoms with van der Waals surface area (Å²) in [7, 11) is 0. The highest BCUT2D eigenvalue weighted by Crippen LogP contribution is 2.52. The number of hydrogen-bond donors (Lipinski definition) is 2. The summed E-state index contributed by atoms with van der Waals surface area (Å²) < 4.78 is 0. The van der Waals surface area contributed by atoms with E-state index in [0.717, 1.165) is 35.1 Å². The molecule has 0 unspecified atom stereocenters. The lowest BCUT2D eigenvalue weighted by Gasteiger charge is -2.32. The van der Waals surface area contributed by atoms with Crippen molar-refractivity contribution in [3.05, 3.63) is 81.9 Å². The van der Waals surface area contributed by atoms with E-state index in [4.69, 9.17) is 0 Å². The highest BCUT2D eigenvalue weighted by atomic mass is 16.3. The summed E-state index contributed by atoms with van der Waals surface area (Å²) >= 11 is 0. The van der Waals surface area contributed by atoms with Crippen molar-refractivity contribution in [3.63, 3.8) is 0 Å². The zero-order chi connectivity index (χ0) is 16.9. The molecule has 2 atom stereocenters. The second kappa shape index (κ2) is 5.30. The van der Waals surface area contributed by atoms with Crippen LogP contribution in [-0.2, 0) is 24.0 Å². The highest BCUT2D eigenvalue weighted by molar-refractivity contribution is 5.57. The van der Waals surface area contributed by atoms with Gasteiger partial charge in [0.25, 0.3) is 0 Å². The van der Waals surface area contributed by atoms with Gasteiger partial charge < -0.3 is 10.2 Å². The molecule has 2 aromatic carbocycles. The molecule has 0 amide bonds. The van der Waals surface area contributed by atoms with Gasteiger partial charge in [0, 0.05) is 0 Å². The van der Waals surface area contributed by atoms with Crippen LogP contribution in [0.3, 0.4) is 0 Å². The predicted molar refractivity (Wildman–Crippen MR) is 95.7 cm³/mol. The van der Waals surface area contributed by atoms with Crippen LogP contribution in [0.25, 0.3) is 0 Å². The van der Waals surface area contributed by atoms with Gasteiger partial charge in [-0.25, -0.2) is 0 Å². The van der Waals surface area contributed by atoms with E-state index in [9.17, 15) is 10.2 Å². The summed E-state index contributed by atoms with van der Waals surface area (Å²) in [5.74, 6) is 0. The van der Waals surface area contributed by atoms with E-state index in [-0.39, 0.29) is 0 Å². The lowest BCUT2D eigenvalue weighted by atomic mass is 9.80. The minimum atomic E-state index is -0.961. The van der Waals surface area contributed by atoms with Gasteiger partial charge in [-0.1, -0.05) is 62.4 Å². The van der Waals surface area contributed by atoms with Crippen molar-refractivity contribution in [2.75, 3.05) is 0 Å². The van der Waals surface area contributed by atoms with Crippen molar-refractivity contribution in [1.29, 1.82) is 0 Å². The van der Waals surface area contributed by atoms with E-state index >= 15 is 0 Å². The standard InChI is InChI=1S/C22H24O2/c1-3-21(23)17-11-7-5-9-15(17)13-19(21)20-14-16-10-6-8-12-18(16)22(20,24)4-2/h5-12,23-24H,3-4,13-14H2,1-2H3/b20-19+/t21-,22-/m1/s1. The Labute approximate surface area is 143 Å². The fourth-order valence-electron chi connectivity index (χ4n) is 4.67. The summed E-state index contributed by atoms with van der Waals surface area (Å²) in [6.45, 7) is 4.05. The number of hydrogen-bond acceptors (Lipinski definition) is 2. The Hall–Kier alpha value is -1.90. The highest BCUT2D eigenvalue weighted by Gasteiger charge is 2.48. The minimum absolute atomic E-state index is 0.624. The molecule has 0 aromatic heterocycles. The molecule has 2 aromatic rings. The fourth-order valence-corrected chi connectivity index (χ4v) is 4.67. The van der Waals surface area contributed by atoms with Crippen molar-refractivity contribution in [2.24, 2.45) is 0 Å². The number of fused-ring (bicyclic) bond motifs is 2. The molecule has 0 saturated carbocycles. The van der Waals surface area contributed by atoms with Gasteiger partial charge in [0.2, 0.25) is 0 Å². The quantitative estimate of drug-likeness (QED) is 0.821. The van der Waals surface area contributed by atoms with Crippen molar-refractivity contribution in [2.45, 2.75) is 50.7 Å². The first-order chi connectivity index (χ1) is 11.5. The fraction of sp³-hybridized carbons (Fsp3) is 0.364. The van der Waals surface area contributed by atoms with Gasteiger partial charge in [-0.05, 0) is 59.1 Å². The molecular weight excluding hydrogens is 296 g/mol. The maximum atomic E-state index is 11.5. The van der Waals surface area contributed by atoms with Crippen LogP contribution in [-0.4, -0.2) is 10.2 Å². The smallest absolute Gasteiger partial charge is 0.111 e. The van der Waals surface area contributed by atoms with Crippen LogP contribution in [0.1, 0.15) is 48.9 Å². The van der Waals surface area contributed by atoms with Gasteiger partial charge in [-0.2, -0.15) is 0 Å². The molecule has 0 radical (unpaired) electrons. The number of rotatable bonds is 2. The van der Waals surface area contributed by atoms with E-state index in [0.29, 0.717) is 12.8 Å². The summed E-state index contributed by atoms with van der Waals surface area (Å²) in [5.41, 5.74) is 4.46. The van der Waals surface area contributed by atoms with E-state index in [1.165, 1.54) is 11.1 Å². The Morgan fingerprint density at radius 2 is 1.08 bits per heavy atom. The van der Waals surface area contributed by atoms with Crippen molar-refractivity contribution in [3.8, 4) is 0 Å². The molecule has 2 aliphatic rings. The first kappa shape index (κ1) is 15.6. The molecule has 0 bridgehead atoms. The Kier molecular flexibility index (Phi) is 3.45. The second-order valence-corrected chi connectivity index (χ2v) is 7.05. The van der Waals surface area contributed by atoms with Gasteiger partial charge in [0.1, 0.15) is 11.2 Å². The monoisotopic (exact) mass is 320 g/mol. The van der Waals surface area contributed by atoms with Crippen molar-refractivity contribution < 1.29 is 10.2 Å². The molecule has 4 rings (SSSR count). The van der Waals surface area contributed by atoms with E-state index in [1.807, 2.05) is 50.2 Å². The van der Waals surface area contributed by atoms with Crippen molar-refractivity contribution in [1.82, 2.24) is 0 Å². The molecule has 2 N–H and O–H groups in total. The van der Waals surface area contributed by atoms with Crippen LogP contribution >= 0.6 is 0 Å². The Balaban J connectivity index is 1.95. The third kappa shape index (κ3) is 1.90. The van der Waals surface area contributed by atoms with Gasteiger partial charge in [0.05, 0.1) is 0 Å². The summed E-state index contributed by atoms with van der Waals surface area (Å²) in [6.07, 6.45) is 2.70. The molecule has 2 heteroatoms. The first-order valence-electron chi connectivity index (χ1n) is 8.89. The topological polar surface area (TPSA) is 40.5 Å². The average Bonchev–Trinajstić information content (AvgIpc) is 3.09. The van der Waals surface area contributed by atoms with Crippen LogP contribution < -0.4 is 0 Å². The van der Waals surface area contributed by atoms with Gasteiger partial charge in [-0.15, -0.1) is 0 Å². The molecule has 0 fully saturated rings. The second-order valence-electron chi connectivity index (χ2n) is 7.05. The Morgan fingerprint density at radius 3 is 1.46 bits per heavy atom. The third-order valence-corrected chi connectivity index (χ3v) is 6.05. The van der Waals surface area contributed by atoms with E-state index < -0.39 is 11.2 Å². The van der Waals surface area contributed by atoms with Crippen LogP contribution in [0.15, 0.2) is 59.7 Å². The molecule has 2 nitrogen and oxygen atoms in total. The van der Waals surface area contributed by atoms with E-state index in [1.54, 1.807) is 0 Å². The molecule has 24 heavy (non-hydrogen) atoms. The van der Waals surface area contributed by atoms with Gasteiger partial charge in [-0.3, -0.25) is 0 Å². The first-order valence-corrected chi connectivity index (χ1v) is 8.89. The molecule has 0 spiro atoms. The molecular formula is C22H24O2. The predicted octanol–water partition coefficient (Wildman–Crippen LogP) is 3.99. The Morgan fingerprint density at radius 1 is 0.708 bits per heavy atom. The lowest BCUT2D eigenvalue weighted by molar-refractivity contribution is 0.0531. The van der Waals surface area contributed by atoms with Gasteiger partial charge in [0.15, 0.2) is 0 Å². The molecule has 0 saturated heterocycles. The maximum Gasteiger partial charge on any atom is 0.111 e. The normalized spacial score (nSPS) is 31.2. The summed E-state index contributed by atoms with van der Waals surface area (Å²) in [4.78, 5) is 0. The van der Waals surface area contributed by atoms with Crippen LogP contribution in [0, 0.1) is 0 Å². The van der Waals surface area contributed by atoms with Gasteiger partial charge >= 0.3 is 0 Å². The van der Waals surface area contributed by atoms with Crippen LogP contribution in [0.2, 0.25) is 0 Å². The minimum Gasteiger partial charge on any atom is -0.381 e. The van der Waals surface area contributed by atoms with Crippen LogP contribution in [0.5, 0.6) is 0 Å². The summed E-state index contributed by atoms with van der Waals surface area (Å²) in [6, 6.07) is 16.3. The average molecular weight is 320 g/mol. The molecule has 124 valence electrons. The Bertz CT molecular complexity index is 766. The maximum absolute atomic E-state index is 11.5. The molecule has 0 aliphatic heterocycles. The van der Waals surface area contributed by atoms with Crippen molar-refractivity contribution >= 4 is 0 Å². The molecule has 0 heterocycles. The number of aliphatic hydroxyl groups is 2. The SMILES string of the molecule is CC[C@]1(O)/C(=C2\Cc3ccccc3[C@]2(O)CC)Cc2ccccc21. The zero-order valence-corrected chi connectivity index (χ0v) is 14.3. The third-order valence-electron chi connectivity index (χ3n) is 6.05. The number of benzene rings is 2. The summed E-state index contributed by atoms with van der Waals surface area (Å²) in [5, 5.41) is 23.0. The largest absolute Gasteiger partial charge is 0.381 e. The molecule has 2 aliphatic carbocycles. The van der Waals surface area contributed by atoms with Crippen LogP contribution in [0.4, 0.5) is 0 Å². The zero-order valence-electron chi connectivity index (χ0n) is 14.3.